The van der Waals surface area contributed by atoms with Crippen molar-refractivity contribution >= 4 is 85.1 Å². The zero-order valence-corrected chi connectivity index (χ0v) is 49.6. The van der Waals surface area contributed by atoms with Crippen LogP contribution in [0.2, 0.25) is 0 Å². The molecule has 0 amide bonds. The van der Waals surface area contributed by atoms with Gasteiger partial charge in [-0.25, -0.2) is 0 Å². The Balaban J connectivity index is 0.699. The number of fused-ring (bicyclic) bond motifs is 6. The smallest absolute Gasteiger partial charge is 0.0542 e. The molecule has 4 nitrogen and oxygen atoms in total. The van der Waals surface area contributed by atoms with E-state index in [1.54, 1.807) is 0 Å². The Morgan fingerprint density at radius 2 is 0.644 bits per heavy atom. The number of para-hydroxylation sites is 4. The Hall–Kier alpha value is -11.7. The lowest BCUT2D eigenvalue weighted by atomic mass is 9.86. The molecule has 16 rings (SSSR count). The monoisotopic (exact) mass is 1150 g/mol. The second kappa shape index (κ2) is 23.5. The highest BCUT2D eigenvalue weighted by Crippen LogP contribution is 2.45. The van der Waals surface area contributed by atoms with E-state index in [9.17, 15) is 0 Å². The maximum absolute atomic E-state index is 2.44. The van der Waals surface area contributed by atoms with Crippen LogP contribution in [0.3, 0.4) is 0 Å². The van der Waals surface area contributed by atoms with Gasteiger partial charge in [0.05, 0.1) is 16.6 Å². The van der Waals surface area contributed by atoms with Crippen molar-refractivity contribution in [2.24, 2.45) is 0 Å². The molecule has 0 bridgehead atoms. The van der Waals surface area contributed by atoms with Gasteiger partial charge in [0.2, 0.25) is 0 Å². The molecule has 0 radical (unpaired) electrons. The number of allylic oxidation sites excluding steroid dienone is 1. The van der Waals surface area contributed by atoms with Crippen LogP contribution >= 0.6 is 0 Å². The van der Waals surface area contributed by atoms with Crippen molar-refractivity contribution in [3.05, 3.63) is 368 Å². The average molecular weight is 1150 g/mol. The molecule has 0 saturated carbocycles. The fourth-order valence-corrected chi connectivity index (χ4v) is 13.4. The van der Waals surface area contributed by atoms with Gasteiger partial charge in [0.1, 0.15) is 0 Å². The summed E-state index contributed by atoms with van der Waals surface area (Å²) >= 11 is 0. The van der Waals surface area contributed by atoms with Crippen LogP contribution < -0.4 is 9.80 Å². The van der Waals surface area contributed by atoms with E-state index in [0.717, 1.165) is 68.6 Å². The minimum atomic E-state index is 0.252. The Kier molecular flexibility index (Phi) is 14.0. The van der Waals surface area contributed by atoms with E-state index in [1.807, 2.05) is 0 Å². The molecule has 0 saturated heterocycles. The summed E-state index contributed by atoms with van der Waals surface area (Å²) in [5, 5.41) is 3.67. The number of benzene rings is 13. The molecule has 0 N–H and O–H groups in total. The van der Waals surface area contributed by atoms with Gasteiger partial charge in [0, 0.05) is 73.3 Å². The maximum atomic E-state index is 2.44. The molecule has 0 fully saturated rings. The number of hydrogen-bond donors (Lipinski definition) is 0. The third-order valence-corrected chi connectivity index (χ3v) is 17.9. The highest BCUT2D eigenvalue weighted by atomic mass is 15.1. The molecule has 0 aliphatic heterocycles. The minimum absolute atomic E-state index is 0.252. The summed E-state index contributed by atoms with van der Waals surface area (Å²) in [6.07, 6.45) is 10.1. The minimum Gasteiger partial charge on any atom is -0.310 e. The van der Waals surface area contributed by atoms with E-state index in [2.05, 4.69) is 377 Å². The lowest BCUT2D eigenvalue weighted by molar-refractivity contribution is 0.825. The van der Waals surface area contributed by atoms with Crippen molar-refractivity contribution < 1.29 is 0 Å². The van der Waals surface area contributed by atoms with E-state index in [0.29, 0.717) is 0 Å². The van der Waals surface area contributed by atoms with Crippen LogP contribution in [0.1, 0.15) is 33.9 Å². The van der Waals surface area contributed by atoms with Crippen LogP contribution in [0.25, 0.3) is 95.7 Å². The second-order valence-corrected chi connectivity index (χ2v) is 23.3. The van der Waals surface area contributed by atoms with Crippen molar-refractivity contribution in [3.8, 4) is 44.8 Å². The SMILES string of the molecule is C1=CC(c2ccc(-c3ccccc3)cc2)Cc2c1n(-c1ccccc1)c1ccc(N(c3ccccc3)c3ccc(/C=C/c4ccc(N(c5ccccc5)c5ccc6c(c5)c5cc(-c7ccc(-c8ccccc8)cc7)ccc5n6-c5ccccc5)cc4)cc3)cc21. The summed E-state index contributed by atoms with van der Waals surface area (Å²) in [6, 6.07) is 121. The van der Waals surface area contributed by atoms with E-state index in [-0.39, 0.29) is 5.92 Å². The Morgan fingerprint density at radius 3 is 1.14 bits per heavy atom. The Bertz CT molecular complexity index is 5070. The molecule has 4 heteroatoms. The first-order chi connectivity index (χ1) is 44.6. The predicted molar refractivity (Wildman–Crippen MR) is 381 cm³/mol. The largest absolute Gasteiger partial charge is 0.310 e. The van der Waals surface area contributed by atoms with E-state index >= 15 is 0 Å². The number of hydrogen-bond acceptors (Lipinski definition) is 2. The van der Waals surface area contributed by atoms with Crippen LogP contribution in [0.4, 0.5) is 34.1 Å². The zero-order chi connectivity index (χ0) is 59.7. The number of aromatic nitrogens is 2. The zero-order valence-electron chi connectivity index (χ0n) is 49.6. The number of nitrogens with zero attached hydrogens (tertiary/aromatic N) is 4. The standard InChI is InChI=1S/C86H62N4/c1-7-19-63(20-8-1)65-37-41-67(42-38-65)69-45-53-83-79(57-69)81-59-77(51-55-85(81)89(83)73-27-15-5-16-28-73)87(71-23-11-3-12-24-71)75-47-33-61(34-48-75)31-32-62-35-49-76(50-36-62)88(72-25-13-4-14-26-72)78-52-56-86-82(60-78)80-58-70(46-54-84(80)90(86)74-29-17-6-18-30-74)68-43-39-66(40-44-68)64-21-9-2-10-22-64/h1-57,59-60,70H,58H2/b32-31+. The van der Waals surface area contributed by atoms with Crippen LogP contribution in [0.15, 0.2) is 340 Å². The Morgan fingerprint density at radius 1 is 0.289 bits per heavy atom. The van der Waals surface area contributed by atoms with Gasteiger partial charge in [-0.3, -0.25) is 0 Å². The molecule has 1 atom stereocenters. The molecule has 1 aliphatic carbocycles. The third kappa shape index (κ3) is 10.3. The quantitative estimate of drug-likeness (QED) is 0.101. The molecular weight excluding hydrogens is 1090 g/mol. The summed E-state index contributed by atoms with van der Waals surface area (Å²) in [5.41, 5.74) is 25.8. The molecule has 426 valence electrons. The van der Waals surface area contributed by atoms with E-state index < -0.39 is 0 Å². The third-order valence-electron chi connectivity index (χ3n) is 17.9. The summed E-state index contributed by atoms with van der Waals surface area (Å²) < 4.78 is 4.84. The average Bonchev–Trinajstić information content (AvgIpc) is 1.79. The van der Waals surface area contributed by atoms with Crippen LogP contribution in [0, 0.1) is 0 Å². The van der Waals surface area contributed by atoms with Gasteiger partial charge in [-0.1, -0.05) is 231 Å². The van der Waals surface area contributed by atoms with Gasteiger partial charge in [-0.2, -0.15) is 0 Å². The van der Waals surface area contributed by atoms with E-state index in [4.69, 9.17) is 0 Å². The fraction of sp³-hybridized carbons (Fsp3) is 0.0233. The topological polar surface area (TPSA) is 16.3 Å². The van der Waals surface area contributed by atoms with Gasteiger partial charge in [-0.15, -0.1) is 0 Å². The molecular formula is C86H62N4. The molecule has 13 aromatic carbocycles. The Labute approximate surface area is 525 Å². The van der Waals surface area contributed by atoms with Gasteiger partial charge >= 0.3 is 0 Å². The first kappa shape index (κ1) is 53.7. The fourth-order valence-electron chi connectivity index (χ4n) is 13.4. The molecule has 15 aromatic rings. The van der Waals surface area contributed by atoms with Crippen molar-refractivity contribution in [2.45, 2.75) is 12.3 Å². The first-order valence-corrected chi connectivity index (χ1v) is 31.1. The van der Waals surface area contributed by atoms with Crippen LogP contribution in [0.5, 0.6) is 0 Å². The van der Waals surface area contributed by atoms with Gasteiger partial charge in [-0.05, 0) is 189 Å². The van der Waals surface area contributed by atoms with Gasteiger partial charge in [0.15, 0.2) is 0 Å². The molecule has 0 spiro atoms. The normalized spacial score (nSPS) is 12.9. The summed E-state index contributed by atoms with van der Waals surface area (Å²) in [4.78, 5) is 4.75. The second-order valence-electron chi connectivity index (χ2n) is 23.3. The van der Waals surface area contributed by atoms with Crippen molar-refractivity contribution in [3.63, 3.8) is 0 Å². The lowest BCUT2D eigenvalue weighted by Crippen LogP contribution is -2.10. The summed E-state index contributed by atoms with van der Waals surface area (Å²) in [6.45, 7) is 0. The summed E-state index contributed by atoms with van der Waals surface area (Å²) in [7, 11) is 0. The van der Waals surface area contributed by atoms with Crippen molar-refractivity contribution in [1.29, 1.82) is 0 Å². The highest BCUT2D eigenvalue weighted by Gasteiger charge is 2.26. The number of rotatable bonds is 14. The van der Waals surface area contributed by atoms with Crippen molar-refractivity contribution in [2.75, 3.05) is 9.80 Å². The number of anilines is 6. The molecule has 1 aliphatic rings. The first-order valence-electron chi connectivity index (χ1n) is 31.1. The highest BCUT2D eigenvalue weighted by molar-refractivity contribution is 6.12. The van der Waals surface area contributed by atoms with Crippen molar-refractivity contribution in [1.82, 2.24) is 9.13 Å². The van der Waals surface area contributed by atoms with E-state index in [1.165, 1.54) is 77.4 Å². The lowest BCUT2D eigenvalue weighted by Gasteiger charge is -2.26. The summed E-state index contributed by atoms with van der Waals surface area (Å²) in [5.74, 6) is 0.252. The maximum Gasteiger partial charge on any atom is 0.0542 e. The molecule has 1 unspecified atom stereocenters. The van der Waals surface area contributed by atoms with Gasteiger partial charge < -0.3 is 18.9 Å². The van der Waals surface area contributed by atoms with Gasteiger partial charge in [0.25, 0.3) is 0 Å². The molecule has 2 aromatic heterocycles. The molecule has 2 heterocycles. The predicted octanol–water partition coefficient (Wildman–Crippen LogP) is 23.2. The molecule has 90 heavy (non-hydrogen) atoms. The van der Waals surface area contributed by atoms with Crippen LogP contribution in [-0.2, 0) is 6.42 Å². The van der Waals surface area contributed by atoms with Crippen LogP contribution in [-0.4, -0.2) is 9.13 Å².